The quantitative estimate of drug-likeness (QED) is 0.777. The van der Waals surface area contributed by atoms with Crippen LogP contribution in [0.25, 0.3) is 0 Å². The van der Waals surface area contributed by atoms with Gasteiger partial charge in [0.1, 0.15) is 5.82 Å². The maximum atomic E-state index is 5.69. The maximum Gasteiger partial charge on any atom is 0.111 e. The monoisotopic (exact) mass is 211 g/mol. The van der Waals surface area contributed by atoms with E-state index in [1.807, 2.05) is 6.20 Å². The third kappa shape index (κ3) is 2.12. The highest BCUT2D eigenvalue weighted by Gasteiger charge is 2.16. The molecular weight excluding hydrogens is 194 g/mol. The van der Waals surface area contributed by atoms with Crippen molar-refractivity contribution in [1.82, 2.24) is 9.55 Å². The van der Waals surface area contributed by atoms with Crippen LogP contribution in [0.2, 0.25) is 0 Å². The van der Waals surface area contributed by atoms with Crippen LogP contribution in [0, 0.1) is 0 Å². The average molecular weight is 211 g/mol. The molecule has 0 aromatic carbocycles. The molecule has 0 amide bonds. The molecule has 1 aromatic heterocycles. The minimum atomic E-state index is 0.102. The first kappa shape index (κ1) is 11.2. The second kappa shape index (κ2) is 4.55. The fraction of sp³-hybridized carbons (Fsp3) is 0.600. The van der Waals surface area contributed by atoms with Crippen LogP contribution in [-0.4, -0.2) is 14.5 Å². The van der Waals surface area contributed by atoms with Gasteiger partial charge >= 0.3 is 0 Å². The summed E-state index contributed by atoms with van der Waals surface area (Å²) < 4.78 is 2.08. The average Bonchev–Trinajstić information content (AvgIpc) is 2.53. The van der Waals surface area contributed by atoms with Crippen LogP contribution < -0.4 is 5.73 Å². The molecule has 1 aromatic rings. The molecule has 3 nitrogen and oxygen atoms in total. The van der Waals surface area contributed by atoms with E-state index in [9.17, 15) is 0 Å². The van der Waals surface area contributed by atoms with Crippen molar-refractivity contribution in [3.63, 3.8) is 0 Å². The Labute approximate surface area is 90.3 Å². The van der Waals surface area contributed by atoms with Gasteiger partial charge in [-0.3, -0.25) is 0 Å². The molecule has 1 rings (SSSR count). The molecule has 0 aliphatic heterocycles. The normalized spacial score (nSPS) is 13.1. The molecule has 0 spiro atoms. The van der Waals surface area contributed by atoms with E-state index < -0.39 is 0 Å². The number of thiocarbonyl (C=S) groups is 1. The maximum absolute atomic E-state index is 5.69. The summed E-state index contributed by atoms with van der Waals surface area (Å²) in [6, 6.07) is 0.102. The third-order valence-electron chi connectivity index (χ3n) is 2.27. The molecule has 0 bridgehead atoms. The number of rotatable bonds is 4. The van der Waals surface area contributed by atoms with Crippen molar-refractivity contribution in [3.8, 4) is 0 Å². The number of hydrogen-bond donors (Lipinski definition) is 1. The Kier molecular flexibility index (Phi) is 3.63. The number of imidazole rings is 1. The summed E-state index contributed by atoms with van der Waals surface area (Å²) in [5.41, 5.74) is 5.69. The van der Waals surface area contributed by atoms with E-state index in [4.69, 9.17) is 18.0 Å². The van der Waals surface area contributed by atoms with Crippen molar-refractivity contribution >= 4 is 17.2 Å². The van der Waals surface area contributed by atoms with Gasteiger partial charge in [-0.1, -0.05) is 33.0 Å². The molecule has 0 aliphatic carbocycles. The van der Waals surface area contributed by atoms with E-state index in [2.05, 4.69) is 30.3 Å². The van der Waals surface area contributed by atoms with Crippen LogP contribution in [0.15, 0.2) is 12.4 Å². The van der Waals surface area contributed by atoms with E-state index in [1.165, 1.54) is 0 Å². The molecule has 1 atom stereocenters. The van der Waals surface area contributed by atoms with Gasteiger partial charge in [-0.25, -0.2) is 4.98 Å². The fourth-order valence-corrected chi connectivity index (χ4v) is 1.85. The smallest absolute Gasteiger partial charge is 0.111 e. The molecule has 0 saturated heterocycles. The molecule has 2 N–H and O–H groups in total. The molecule has 14 heavy (non-hydrogen) atoms. The lowest BCUT2D eigenvalue weighted by Gasteiger charge is -2.19. The lowest BCUT2D eigenvalue weighted by atomic mass is 10.1. The predicted octanol–water partition coefficient (Wildman–Crippen LogP) is 2.24. The Morgan fingerprint density at radius 1 is 1.64 bits per heavy atom. The molecule has 0 aliphatic rings. The Bertz CT molecular complexity index is 317. The topological polar surface area (TPSA) is 43.8 Å². The highest BCUT2D eigenvalue weighted by Crippen LogP contribution is 2.19. The minimum Gasteiger partial charge on any atom is -0.392 e. The Balaban J connectivity index is 3.03. The number of nitrogens with zero attached hydrogens (tertiary/aromatic N) is 2. The van der Waals surface area contributed by atoms with E-state index in [0.717, 1.165) is 12.2 Å². The van der Waals surface area contributed by atoms with Crippen LogP contribution in [0.4, 0.5) is 0 Å². The van der Waals surface area contributed by atoms with Gasteiger partial charge in [-0.15, -0.1) is 0 Å². The lowest BCUT2D eigenvalue weighted by Crippen LogP contribution is -2.25. The summed E-state index contributed by atoms with van der Waals surface area (Å²) >= 11 is 5.04. The summed E-state index contributed by atoms with van der Waals surface area (Å²) in [7, 11) is 0. The van der Waals surface area contributed by atoms with Crippen molar-refractivity contribution < 1.29 is 0 Å². The van der Waals surface area contributed by atoms with Crippen molar-refractivity contribution in [1.29, 1.82) is 0 Å². The highest BCUT2D eigenvalue weighted by atomic mass is 32.1. The number of aromatic nitrogens is 2. The molecule has 0 saturated carbocycles. The first-order chi connectivity index (χ1) is 6.57. The number of nitrogens with two attached hydrogens (primary N) is 1. The Morgan fingerprint density at radius 2 is 2.29 bits per heavy atom. The van der Waals surface area contributed by atoms with Crippen molar-refractivity contribution in [2.45, 2.75) is 39.2 Å². The molecule has 0 radical (unpaired) electrons. The van der Waals surface area contributed by atoms with E-state index >= 15 is 0 Å². The molecule has 4 heteroatoms. The van der Waals surface area contributed by atoms with Crippen LogP contribution in [0.3, 0.4) is 0 Å². The molecule has 1 heterocycles. The van der Waals surface area contributed by atoms with Crippen molar-refractivity contribution in [2.75, 3.05) is 0 Å². The Morgan fingerprint density at radius 3 is 2.71 bits per heavy atom. The van der Waals surface area contributed by atoms with E-state index in [0.29, 0.717) is 10.9 Å². The zero-order chi connectivity index (χ0) is 10.7. The lowest BCUT2D eigenvalue weighted by molar-refractivity contribution is 0.568. The van der Waals surface area contributed by atoms with Crippen molar-refractivity contribution in [2.24, 2.45) is 5.73 Å². The zero-order valence-electron chi connectivity index (χ0n) is 8.90. The second-order valence-electron chi connectivity index (χ2n) is 3.67. The van der Waals surface area contributed by atoms with Crippen LogP contribution >= 0.6 is 12.2 Å². The van der Waals surface area contributed by atoms with Gasteiger partial charge < -0.3 is 10.3 Å². The largest absolute Gasteiger partial charge is 0.392 e. The Hall–Kier alpha value is -0.900. The van der Waals surface area contributed by atoms with Gasteiger partial charge in [-0.2, -0.15) is 0 Å². The zero-order valence-corrected chi connectivity index (χ0v) is 9.71. The van der Waals surface area contributed by atoms with E-state index in [-0.39, 0.29) is 6.04 Å². The molecular formula is C10H17N3S. The summed E-state index contributed by atoms with van der Waals surface area (Å²) in [5, 5.41) is 0. The van der Waals surface area contributed by atoms with Crippen LogP contribution in [-0.2, 0) is 0 Å². The summed E-state index contributed by atoms with van der Waals surface area (Å²) in [6.07, 6.45) is 4.66. The molecule has 0 fully saturated rings. The molecule has 78 valence electrons. The van der Waals surface area contributed by atoms with Gasteiger partial charge in [0, 0.05) is 18.3 Å². The summed E-state index contributed by atoms with van der Waals surface area (Å²) in [5.74, 6) is 1.44. The second-order valence-corrected chi connectivity index (χ2v) is 4.15. The number of hydrogen-bond acceptors (Lipinski definition) is 2. The van der Waals surface area contributed by atoms with E-state index in [1.54, 1.807) is 6.20 Å². The SMILES string of the molecule is CCC(C(N)=S)n1ccnc1C(C)C. The summed E-state index contributed by atoms with van der Waals surface area (Å²) in [6.45, 7) is 6.31. The van der Waals surface area contributed by atoms with Crippen LogP contribution in [0.5, 0.6) is 0 Å². The van der Waals surface area contributed by atoms with Gasteiger partial charge in [0.15, 0.2) is 0 Å². The first-order valence-corrected chi connectivity index (χ1v) is 5.30. The fourth-order valence-electron chi connectivity index (χ4n) is 1.57. The van der Waals surface area contributed by atoms with Crippen molar-refractivity contribution in [3.05, 3.63) is 18.2 Å². The highest BCUT2D eigenvalue weighted by molar-refractivity contribution is 7.80. The standard InChI is InChI=1S/C10H17N3S/c1-4-8(9(11)14)13-6-5-12-10(13)7(2)3/h5-8H,4H2,1-3H3,(H2,11,14). The third-order valence-corrected chi connectivity index (χ3v) is 2.54. The van der Waals surface area contributed by atoms with Gasteiger partial charge in [0.25, 0.3) is 0 Å². The van der Waals surface area contributed by atoms with Crippen LogP contribution in [0.1, 0.15) is 45.0 Å². The predicted molar refractivity (Wildman–Crippen MR) is 62.4 cm³/mol. The van der Waals surface area contributed by atoms with Gasteiger partial charge in [0.05, 0.1) is 11.0 Å². The molecule has 1 unspecified atom stereocenters. The summed E-state index contributed by atoms with van der Waals surface area (Å²) in [4.78, 5) is 4.85. The van der Waals surface area contributed by atoms with Gasteiger partial charge in [-0.05, 0) is 6.42 Å². The van der Waals surface area contributed by atoms with Gasteiger partial charge in [0.2, 0.25) is 0 Å². The first-order valence-electron chi connectivity index (χ1n) is 4.90. The minimum absolute atomic E-state index is 0.102.